The van der Waals surface area contributed by atoms with Crippen molar-refractivity contribution in [3.63, 3.8) is 0 Å². The average Bonchev–Trinajstić information content (AvgIpc) is 3.31. The van der Waals surface area contributed by atoms with Gasteiger partial charge in [0.25, 0.3) is 0 Å². The fourth-order valence-electron chi connectivity index (χ4n) is 5.90. The second-order valence-corrected chi connectivity index (χ2v) is 9.77. The number of amides is 1. The van der Waals surface area contributed by atoms with Crippen molar-refractivity contribution in [3.05, 3.63) is 54.3 Å². The topological polar surface area (TPSA) is 51.9 Å². The number of furan rings is 1. The summed E-state index contributed by atoms with van der Waals surface area (Å²) in [6, 6.07) is 12.4. The van der Waals surface area contributed by atoms with Gasteiger partial charge in [0.15, 0.2) is 0 Å². The van der Waals surface area contributed by atoms with Crippen LogP contribution in [0.15, 0.2) is 53.2 Å². The Morgan fingerprint density at radius 2 is 1.89 bits per heavy atom. The number of fused-ring (bicyclic) bond motifs is 2. The van der Waals surface area contributed by atoms with E-state index in [-0.39, 0.29) is 5.91 Å². The van der Waals surface area contributed by atoms with Crippen LogP contribution in [0.4, 0.5) is 0 Å². The first-order chi connectivity index (χ1) is 17.1. The van der Waals surface area contributed by atoms with Gasteiger partial charge in [-0.2, -0.15) is 0 Å². The van der Waals surface area contributed by atoms with Crippen LogP contribution in [0.2, 0.25) is 0 Å². The zero-order valence-corrected chi connectivity index (χ0v) is 21.0. The molecule has 1 aliphatic heterocycles. The van der Waals surface area contributed by atoms with E-state index in [0.29, 0.717) is 24.3 Å². The molecule has 35 heavy (non-hydrogen) atoms. The molecule has 3 aromatic rings. The molecule has 0 spiro atoms. The molecule has 2 aliphatic rings. The lowest BCUT2D eigenvalue weighted by Crippen LogP contribution is -2.49. The van der Waals surface area contributed by atoms with Crippen LogP contribution in [0.5, 0.6) is 11.5 Å². The van der Waals surface area contributed by atoms with Gasteiger partial charge in [-0.15, -0.1) is 0 Å². The lowest BCUT2D eigenvalue weighted by Gasteiger charge is -2.43. The van der Waals surface area contributed by atoms with Crippen molar-refractivity contribution in [1.82, 2.24) is 4.90 Å². The summed E-state index contributed by atoms with van der Waals surface area (Å²) in [7, 11) is 1.66. The largest absolute Gasteiger partial charge is 0.496 e. The zero-order chi connectivity index (χ0) is 24.4. The molecule has 5 rings (SSSR count). The van der Waals surface area contributed by atoms with Gasteiger partial charge in [0.05, 0.1) is 20.0 Å². The molecule has 1 saturated heterocycles. The maximum Gasteiger partial charge on any atom is 0.247 e. The van der Waals surface area contributed by atoms with Crippen LogP contribution in [-0.2, 0) is 4.79 Å². The monoisotopic (exact) mass is 473 g/mol. The fourth-order valence-corrected chi connectivity index (χ4v) is 5.90. The normalized spacial score (nSPS) is 20.5. The predicted octanol–water partition coefficient (Wildman–Crippen LogP) is 7.09. The van der Waals surface area contributed by atoms with Crippen molar-refractivity contribution in [1.29, 1.82) is 0 Å². The molecule has 5 nitrogen and oxygen atoms in total. The van der Waals surface area contributed by atoms with Crippen LogP contribution >= 0.6 is 0 Å². The number of nitrogens with zero attached hydrogens (tertiary/aromatic N) is 1. The highest BCUT2D eigenvalue weighted by molar-refractivity contribution is 6.00. The number of methoxy groups -OCH3 is 1. The van der Waals surface area contributed by atoms with Crippen LogP contribution in [0, 0.1) is 5.92 Å². The molecule has 184 valence electrons. The highest BCUT2D eigenvalue weighted by Crippen LogP contribution is 2.39. The van der Waals surface area contributed by atoms with Gasteiger partial charge in [-0.1, -0.05) is 25.0 Å². The Morgan fingerprint density at radius 3 is 2.66 bits per heavy atom. The van der Waals surface area contributed by atoms with Gasteiger partial charge in [-0.25, -0.2) is 0 Å². The average molecular weight is 474 g/mol. The molecule has 1 amide bonds. The smallest absolute Gasteiger partial charge is 0.247 e. The molecular formula is C30H35NO4. The van der Waals surface area contributed by atoms with Gasteiger partial charge in [0.2, 0.25) is 5.91 Å². The Kier molecular flexibility index (Phi) is 6.85. The first-order valence-electron chi connectivity index (χ1n) is 12.9. The summed E-state index contributed by atoms with van der Waals surface area (Å²) in [4.78, 5) is 15.5. The quantitative estimate of drug-likeness (QED) is 0.359. The number of benzene rings is 2. The number of hydrogen-bond donors (Lipinski definition) is 0. The molecule has 2 fully saturated rings. The highest BCUT2D eigenvalue weighted by atomic mass is 16.5. The minimum atomic E-state index is 0.125. The standard InChI is InChI=1S/C30H35NO4/c1-4-34-23-13-11-21(12-14-23)26-19-35-29-18-28(33-3)24(17-25(26)29)20(2)16-30(32)31-15-7-9-22-8-5-6-10-27(22)31/h11-14,16-19,22,27H,4-10,15H2,1-3H3/b20-16+. The van der Waals surface area contributed by atoms with Crippen molar-refractivity contribution in [2.24, 2.45) is 5.92 Å². The van der Waals surface area contributed by atoms with Crippen LogP contribution in [-0.4, -0.2) is 37.1 Å². The number of rotatable bonds is 6. The summed E-state index contributed by atoms with van der Waals surface area (Å²) in [6.45, 7) is 5.48. The Bertz CT molecular complexity index is 1220. The molecule has 5 heteroatoms. The maximum absolute atomic E-state index is 13.4. The number of ether oxygens (including phenoxy) is 2. The Morgan fingerprint density at radius 1 is 1.11 bits per heavy atom. The van der Waals surface area contributed by atoms with Gasteiger partial charge in [0.1, 0.15) is 17.1 Å². The van der Waals surface area contributed by atoms with Crippen LogP contribution in [0.3, 0.4) is 0 Å². The highest BCUT2D eigenvalue weighted by Gasteiger charge is 2.35. The second kappa shape index (κ2) is 10.2. The van der Waals surface area contributed by atoms with Gasteiger partial charge >= 0.3 is 0 Å². The van der Waals surface area contributed by atoms with Crippen LogP contribution in [0.1, 0.15) is 57.9 Å². The molecular weight excluding hydrogens is 438 g/mol. The summed E-state index contributed by atoms with van der Waals surface area (Å²) in [5.41, 5.74) is 4.64. The Balaban J connectivity index is 1.47. The molecule has 0 bridgehead atoms. The SMILES string of the molecule is CCOc1ccc(-c2coc3cc(OC)c(/C(C)=C/C(=O)N4CCCC5CCCCC54)cc23)cc1. The Hall–Kier alpha value is -3.21. The molecule has 1 saturated carbocycles. The molecule has 0 N–H and O–H groups in total. The first kappa shape index (κ1) is 23.5. The number of carbonyl (C=O) groups is 1. The fraction of sp³-hybridized carbons (Fsp3) is 0.433. The van der Waals surface area contributed by atoms with Crippen molar-refractivity contribution in [3.8, 4) is 22.6 Å². The van der Waals surface area contributed by atoms with Crippen molar-refractivity contribution in [2.75, 3.05) is 20.3 Å². The minimum absolute atomic E-state index is 0.125. The van der Waals surface area contributed by atoms with Crippen LogP contribution < -0.4 is 9.47 Å². The lowest BCUT2D eigenvalue weighted by molar-refractivity contribution is -0.132. The van der Waals surface area contributed by atoms with Gasteiger partial charge in [0, 0.05) is 41.2 Å². The summed E-state index contributed by atoms with van der Waals surface area (Å²) in [5.74, 6) is 2.35. The van der Waals surface area contributed by atoms with E-state index in [9.17, 15) is 4.79 Å². The van der Waals surface area contributed by atoms with E-state index >= 15 is 0 Å². The Labute approximate surface area is 207 Å². The molecule has 2 atom stereocenters. The van der Waals surface area contributed by atoms with Gasteiger partial charge in [-0.3, -0.25) is 4.79 Å². The van der Waals surface area contributed by atoms with Crippen LogP contribution in [0.25, 0.3) is 27.7 Å². The molecule has 1 aromatic heterocycles. The third-order valence-electron chi connectivity index (χ3n) is 7.66. The number of hydrogen-bond acceptors (Lipinski definition) is 4. The molecule has 1 aliphatic carbocycles. The van der Waals surface area contributed by atoms with E-state index in [1.807, 2.05) is 44.2 Å². The molecule has 0 radical (unpaired) electrons. The number of piperidine rings is 1. The van der Waals surface area contributed by atoms with E-state index in [1.54, 1.807) is 19.4 Å². The minimum Gasteiger partial charge on any atom is -0.496 e. The van der Waals surface area contributed by atoms with E-state index in [4.69, 9.17) is 13.9 Å². The van der Waals surface area contributed by atoms with Crippen molar-refractivity contribution < 1.29 is 18.7 Å². The maximum atomic E-state index is 13.4. The third kappa shape index (κ3) is 4.69. The van der Waals surface area contributed by atoms with Gasteiger partial charge < -0.3 is 18.8 Å². The summed E-state index contributed by atoms with van der Waals surface area (Å²) < 4.78 is 17.2. The zero-order valence-electron chi connectivity index (χ0n) is 21.0. The molecule has 2 heterocycles. The third-order valence-corrected chi connectivity index (χ3v) is 7.66. The van der Waals surface area contributed by atoms with E-state index < -0.39 is 0 Å². The van der Waals surface area contributed by atoms with E-state index in [0.717, 1.165) is 58.4 Å². The van der Waals surface area contributed by atoms with Crippen molar-refractivity contribution in [2.45, 2.75) is 58.4 Å². The second-order valence-electron chi connectivity index (χ2n) is 9.77. The first-order valence-corrected chi connectivity index (χ1v) is 12.9. The number of allylic oxidation sites excluding steroid dienone is 1. The van der Waals surface area contributed by atoms with E-state index in [2.05, 4.69) is 11.0 Å². The predicted molar refractivity (Wildman–Crippen MR) is 140 cm³/mol. The van der Waals surface area contributed by atoms with Crippen molar-refractivity contribution >= 4 is 22.4 Å². The van der Waals surface area contributed by atoms with Gasteiger partial charge in [-0.05, 0) is 74.8 Å². The lowest BCUT2D eigenvalue weighted by atomic mass is 9.78. The summed E-state index contributed by atoms with van der Waals surface area (Å²) in [6.07, 6.45) is 10.9. The number of likely N-dealkylation sites (tertiary alicyclic amines) is 1. The van der Waals surface area contributed by atoms with E-state index in [1.165, 1.54) is 25.7 Å². The number of carbonyl (C=O) groups excluding carboxylic acids is 1. The molecule has 2 aromatic carbocycles. The molecule has 2 unspecified atom stereocenters. The summed E-state index contributed by atoms with van der Waals surface area (Å²) >= 11 is 0. The summed E-state index contributed by atoms with van der Waals surface area (Å²) in [5, 5.41) is 0.996.